The molecule has 0 unspecified atom stereocenters. The summed E-state index contributed by atoms with van der Waals surface area (Å²) in [5.74, 6) is -0.883. The second-order valence-electron chi connectivity index (χ2n) is 5.95. The van der Waals surface area contributed by atoms with Crippen LogP contribution in [-0.2, 0) is 30.4 Å². The Bertz CT molecular complexity index is 689. The molecule has 0 radical (unpaired) electrons. The summed E-state index contributed by atoms with van der Waals surface area (Å²) in [6.45, 7) is 1.90. The first-order valence-corrected chi connectivity index (χ1v) is 7.92. The lowest BCUT2D eigenvalue weighted by Gasteiger charge is -2.34. The molecule has 1 aromatic carbocycles. The average molecular weight is 328 g/mol. The molecule has 3 atom stereocenters. The predicted molar refractivity (Wildman–Crippen MR) is 86.6 cm³/mol. The van der Waals surface area contributed by atoms with E-state index in [1.807, 2.05) is 36.4 Å². The average Bonchev–Trinajstić information content (AvgIpc) is 3.05. The van der Waals surface area contributed by atoms with Crippen LogP contribution >= 0.6 is 0 Å². The highest BCUT2D eigenvalue weighted by molar-refractivity contribution is 5.96. The number of carbonyl (C=O) groups is 2. The van der Waals surface area contributed by atoms with Crippen LogP contribution < -0.4 is 0 Å². The number of hydrogen-bond acceptors (Lipinski definition) is 5. The highest BCUT2D eigenvalue weighted by atomic mass is 16.7. The van der Waals surface area contributed by atoms with Crippen molar-refractivity contribution in [2.75, 3.05) is 7.11 Å². The van der Waals surface area contributed by atoms with Gasteiger partial charge >= 0.3 is 5.97 Å². The van der Waals surface area contributed by atoms with Gasteiger partial charge in [0.1, 0.15) is 0 Å². The van der Waals surface area contributed by atoms with E-state index in [2.05, 4.69) is 0 Å². The van der Waals surface area contributed by atoms with Gasteiger partial charge in [0, 0.05) is 11.5 Å². The molecule has 3 rings (SSSR count). The maximum Gasteiger partial charge on any atom is 0.337 e. The van der Waals surface area contributed by atoms with Crippen LogP contribution in [0.4, 0.5) is 0 Å². The molecule has 1 aromatic rings. The van der Waals surface area contributed by atoms with E-state index >= 15 is 0 Å². The first-order valence-electron chi connectivity index (χ1n) is 7.92. The van der Waals surface area contributed by atoms with Gasteiger partial charge in [-0.15, -0.1) is 0 Å². The molecule has 0 bridgehead atoms. The van der Waals surface area contributed by atoms with E-state index in [9.17, 15) is 9.59 Å². The third-order valence-electron chi connectivity index (χ3n) is 4.49. The van der Waals surface area contributed by atoms with Crippen molar-refractivity contribution < 1.29 is 23.8 Å². The summed E-state index contributed by atoms with van der Waals surface area (Å²) in [6.07, 6.45) is 3.30. The molecule has 5 nitrogen and oxygen atoms in total. The molecule has 1 aliphatic carbocycles. The Balaban J connectivity index is 1.81. The van der Waals surface area contributed by atoms with Crippen molar-refractivity contribution in [1.82, 2.24) is 0 Å². The zero-order chi connectivity index (χ0) is 17.1. The number of Topliss-reactive ketones (excluding diaryl/α,β-unsaturated/α-hetero) is 1. The number of hydrogen-bond donors (Lipinski definition) is 0. The molecule has 1 aliphatic heterocycles. The maximum absolute atomic E-state index is 12.0. The Morgan fingerprint density at radius 1 is 1.21 bits per heavy atom. The van der Waals surface area contributed by atoms with Crippen LogP contribution in [-0.4, -0.2) is 25.2 Å². The zero-order valence-corrected chi connectivity index (χ0v) is 13.7. The molecule has 5 heteroatoms. The normalized spacial score (nSPS) is 25.2. The Morgan fingerprint density at radius 3 is 2.62 bits per heavy atom. The molecule has 24 heavy (non-hydrogen) atoms. The lowest BCUT2D eigenvalue weighted by molar-refractivity contribution is -0.162. The summed E-state index contributed by atoms with van der Waals surface area (Å²) in [7, 11) is 1.34. The molecule has 1 heterocycles. The number of ether oxygens (including phenoxy) is 3. The van der Waals surface area contributed by atoms with Crippen LogP contribution in [0.15, 0.2) is 53.8 Å². The first-order chi connectivity index (χ1) is 11.6. The summed E-state index contributed by atoms with van der Waals surface area (Å²) in [4.78, 5) is 23.9. The minimum Gasteiger partial charge on any atom is -0.471 e. The van der Waals surface area contributed by atoms with Crippen LogP contribution in [0.5, 0.6) is 0 Å². The molecule has 0 N–H and O–H groups in total. The zero-order valence-electron chi connectivity index (χ0n) is 13.7. The van der Waals surface area contributed by atoms with Crippen molar-refractivity contribution in [3.63, 3.8) is 0 Å². The van der Waals surface area contributed by atoms with Gasteiger partial charge in [-0.2, -0.15) is 0 Å². The Hall–Kier alpha value is -2.40. The molecule has 0 amide bonds. The molecule has 0 saturated carbocycles. The van der Waals surface area contributed by atoms with Crippen molar-refractivity contribution in [3.05, 3.63) is 59.4 Å². The fraction of sp³-hybridized carbons (Fsp3) is 0.368. The number of methoxy groups -OCH3 is 1. The number of rotatable bonds is 5. The quantitative estimate of drug-likeness (QED) is 0.778. The molecule has 0 aromatic heterocycles. The fourth-order valence-electron chi connectivity index (χ4n) is 3.31. The Kier molecular flexibility index (Phi) is 4.81. The van der Waals surface area contributed by atoms with Gasteiger partial charge in [0.25, 0.3) is 0 Å². The van der Waals surface area contributed by atoms with Crippen LogP contribution in [0.25, 0.3) is 0 Å². The summed E-state index contributed by atoms with van der Waals surface area (Å²) in [5.41, 5.74) is 2.13. The lowest BCUT2D eigenvalue weighted by Crippen LogP contribution is -2.38. The Morgan fingerprint density at radius 2 is 1.96 bits per heavy atom. The van der Waals surface area contributed by atoms with E-state index in [4.69, 9.17) is 14.2 Å². The topological polar surface area (TPSA) is 61.8 Å². The van der Waals surface area contributed by atoms with E-state index in [0.717, 1.165) is 5.56 Å². The van der Waals surface area contributed by atoms with Crippen molar-refractivity contribution in [3.8, 4) is 0 Å². The van der Waals surface area contributed by atoms with Gasteiger partial charge in [-0.1, -0.05) is 36.4 Å². The number of carbonyl (C=O) groups excluding carboxylic acids is 2. The van der Waals surface area contributed by atoms with Crippen molar-refractivity contribution in [1.29, 1.82) is 0 Å². The van der Waals surface area contributed by atoms with E-state index in [1.54, 1.807) is 0 Å². The number of ketones is 1. The van der Waals surface area contributed by atoms with Gasteiger partial charge in [-0.25, -0.2) is 4.79 Å². The minimum absolute atomic E-state index is 0.0227. The summed E-state index contributed by atoms with van der Waals surface area (Å²) in [5, 5.41) is 0. The van der Waals surface area contributed by atoms with Gasteiger partial charge in [0.05, 0.1) is 31.5 Å². The second-order valence-corrected chi connectivity index (χ2v) is 5.95. The summed E-state index contributed by atoms with van der Waals surface area (Å²) in [6, 6.07) is 9.75. The van der Waals surface area contributed by atoms with Crippen LogP contribution in [0.2, 0.25) is 0 Å². The standard InChI is InChI=1S/C19H20O5/c1-12(20)14-8-9-15-16(18(21)22-2)11-24-19(17(14)15)23-10-13-6-4-3-5-7-13/h3-8,11,15,17,19H,9-10H2,1-2H3/t15-,17-,19-/m1/s1. The first kappa shape index (κ1) is 16.5. The highest BCUT2D eigenvalue weighted by Crippen LogP contribution is 2.44. The van der Waals surface area contributed by atoms with Gasteiger partial charge in [-0.05, 0) is 18.9 Å². The fourth-order valence-corrected chi connectivity index (χ4v) is 3.31. The van der Waals surface area contributed by atoms with Crippen LogP contribution in [0.1, 0.15) is 18.9 Å². The third kappa shape index (κ3) is 3.12. The van der Waals surface area contributed by atoms with Crippen LogP contribution in [0, 0.1) is 11.8 Å². The van der Waals surface area contributed by atoms with Crippen molar-refractivity contribution in [2.45, 2.75) is 26.2 Å². The molecule has 126 valence electrons. The molecular weight excluding hydrogens is 308 g/mol. The number of benzene rings is 1. The SMILES string of the molecule is COC(=O)C1=CO[C@@H](OCc2ccccc2)[C@@H]2C(C(C)=O)=CC[C@H]12. The maximum atomic E-state index is 12.0. The van der Waals surface area contributed by atoms with Gasteiger partial charge in [0.15, 0.2) is 5.78 Å². The summed E-state index contributed by atoms with van der Waals surface area (Å²) < 4.78 is 16.4. The largest absolute Gasteiger partial charge is 0.471 e. The molecule has 0 fully saturated rings. The minimum atomic E-state index is -0.596. The molecule has 0 saturated heterocycles. The number of esters is 1. The predicted octanol–water partition coefficient (Wildman–Crippen LogP) is 2.77. The van der Waals surface area contributed by atoms with Gasteiger partial charge in [0.2, 0.25) is 6.29 Å². The monoisotopic (exact) mass is 328 g/mol. The van der Waals surface area contributed by atoms with Crippen LogP contribution in [0.3, 0.4) is 0 Å². The molecular formula is C19H20O5. The summed E-state index contributed by atoms with van der Waals surface area (Å²) >= 11 is 0. The second kappa shape index (κ2) is 7.01. The van der Waals surface area contributed by atoms with E-state index < -0.39 is 12.3 Å². The van der Waals surface area contributed by atoms with Crippen molar-refractivity contribution >= 4 is 11.8 Å². The lowest BCUT2D eigenvalue weighted by atomic mass is 9.82. The van der Waals surface area contributed by atoms with Crippen molar-refractivity contribution in [2.24, 2.45) is 11.8 Å². The number of fused-ring (bicyclic) bond motifs is 1. The molecule has 0 spiro atoms. The van der Waals surface area contributed by atoms with Gasteiger partial charge < -0.3 is 14.2 Å². The van der Waals surface area contributed by atoms with E-state index in [-0.39, 0.29) is 17.6 Å². The van der Waals surface area contributed by atoms with E-state index in [0.29, 0.717) is 24.2 Å². The van der Waals surface area contributed by atoms with Gasteiger partial charge in [-0.3, -0.25) is 4.79 Å². The Labute approximate surface area is 140 Å². The molecule has 2 aliphatic rings. The smallest absolute Gasteiger partial charge is 0.337 e. The highest BCUT2D eigenvalue weighted by Gasteiger charge is 2.46. The van der Waals surface area contributed by atoms with E-state index in [1.165, 1.54) is 20.3 Å². The third-order valence-corrected chi connectivity index (χ3v) is 4.49. The number of allylic oxidation sites excluding steroid dienone is 1.